The number of alkyl halides is 1. The number of carbonyl (C=O) groups excluding carboxylic acids is 1. The van der Waals surface area contributed by atoms with Crippen LogP contribution in [0.5, 0.6) is 0 Å². The van der Waals surface area contributed by atoms with Gasteiger partial charge in [0.05, 0.1) is 5.38 Å². The van der Waals surface area contributed by atoms with Crippen LogP contribution in [-0.4, -0.2) is 57.6 Å². The van der Waals surface area contributed by atoms with Gasteiger partial charge in [0.15, 0.2) is 7.37 Å². The summed E-state index contributed by atoms with van der Waals surface area (Å²) in [5.41, 5.74) is 0. The van der Waals surface area contributed by atoms with E-state index in [-0.39, 0.29) is 36.8 Å². The van der Waals surface area contributed by atoms with E-state index in [0.29, 0.717) is 0 Å². The summed E-state index contributed by atoms with van der Waals surface area (Å²) in [6.07, 6.45) is -0.0378. The normalized spacial score (nSPS) is 25.7. The number of halogens is 1. The molecular formula is C9H15ClNO5P. The van der Waals surface area contributed by atoms with Crippen molar-refractivity contribution in [2.75, 3.05) is 19.4 Å². The second kappa shape index (κ2) is 5.38. The topological polar surface area (TPSA) is 94.9 Å². The van der Waals surface area contributed by atoms with E-state index in [9.17, 15) is 14.2 Å². The van der Waals surface area contributed by atoms with Crippen molar-refractivity contribution >= 4 is 30.8 Å². The minimum absolute atomic E-state index is 0.0328. The lowest BCUT2D eigenvalue weighted by Crippen LogP contribution is -2.42. The van der Waals surface area contributed by atoms with Crippen molar-refractivity contribution in [3.05, 3.63) is 0 Å². The van der Waals surface area contributed by atoms with Gasteiger partial charge in [-0.05, 0) is 6.42 Å². The molecule has 1 aliphatic rings. The zero-order chi connectivity index (χ0) is 13.2. The van der Waals surface area contributed by atoms with Crippen LogP contribution in [0.15, 0.2) is 0 Å². The number of carboxylic acids is 1. The monoisotopic (exact) mass is 283 g/mol. The fourth-order valence-corrected chi connectivity index (χ4v) is 2.77. The summed E-state index contributed by atoms with van der Waals surface area (Å²) in [5.74, 6) is -1.49. The summed E-state index contributed by atoms with van der Waals surface area (Å²) in [6.45, 7) is 1.35. The SMILES string of the molecule is CP(=O)(O)CCC(C(=O)O)N1CC(Cl)CC1=O. The fraction of sp³-hybridized carbons (Fsp3) is 0.778. The van der Waals surface area contributed by atoms with Crippen molar-refractivity contribution in [3.63, 3.8) is 0 Å². The quantitative estimate of drug-likeness (QED) is 0.568. The van der Waals surface area contributed by atoms with Gasteiger partial charge in [0.2, 0.25) is 5.91 Å². The third-order valence-electron chi connectivity index (χ3n) is 2.59. The number of hydrogen-bond donors (Lipinski definition) is 2. The van der Waals surface area contributed by atoms with Gasteiger partial charge in [-0.2, -0.15) is 0 Å². The van der Waals surface area contributed by atoms with Gasteiger partial charge in [0, 0.05) is 25.8 Å². The minimum atomic E-state index is -3.27. The van der Waals surface area contributed by atoms with Crippen LogP contribution in [0.2, 0.25) is 0 Å². The number of nitrogens with zero attached hydrogens (tertiary/aromatic N) is 1. The van der Waals surface area contributed by atoms with E-state index in [2.05, 4.69) is 0 Å². The van der Waals surface area contributed by atoms with Crippen LogP contribution in [0, 0.1) is 0 Å². The Bertz CT molecular complexity index is 368. The standard InChI is InChI=1S/C9H15ClNO5P/c1-17(15,16)3-2-7(9(13)14)11-5-6(10)4-8(11)12/h6-7H,2-5H2,1H3,(H,13,14)(H,15,16). The van der Waals surface area contributed by atoms with Gasteiger partial charge in [0.25, 0.3) is 0 Å². The van der Waals surface area contributed by atoms with Crippen LogP contribution in [-0.2, 0) is 14.2 Å². The molecule has 0 bridgehead atoms. The predicted octanol–water partition coefficient (Wildman–Crippen LogP) is 0.570. The van der Waals surface area contributed by atoms with Crippen LogP contribution < -0.4 is 0 Å². The Morgan fingerprint density at radius 1 is 1.71 bits per heavy atom. The Balaban J connectivity index is 2.70. The Morgan fingerprint density at radius 3 is 2.65 bits per heavy atom. The molecule has 6 nitrogen and oxygen atoms in total. The summed E-state index contributed by atoms with van der Waals surface area (Å²) in [4.78, 5) is 32.9. The molecule has 0 spiro atoms. The van der Waals surface area contributed by atoms with Gasteiger partial charge in [-0.3, -0.25) is 9.36 Å². The van der Waals surface area contributed by atoms with E-state index in [1.54, 1.807) is 0 Å². The molecule has 1 heterocycles. The van der Waals surface area contributed by atoms with Gasteiger partial charge < -0.3 is 14.9 Å². The smallest absolute Gasteiger partial charge is 0.326 e. The highest BCUT2D eigenvalue weighted by molar-refractivity contribution is 7.57. The third kappa shape index (κ3) is 4.30. The lowest BCUT2D eigenvalue weighted by molar-refractivity contribution is -0.148. The molecule has 2 N–H and O–H groups in total. The molecule has 8 heteroatoms. The van der Waals surface area contributed by atoms with E-state index in [0.717, 1.165) is 0 Å². The van der Waals surface area contributed by atoms with Crippen molar-refractivity contribution in [1.82, 2.24) is 4.90 Å². The number of likely N-dealkylation sites (tertiary alicyclic amines) is 1. The summed E-state index contributed by atoms with van der Waals surface area (Å²) < 4.78 is 11.1. The highest BCUT2D eigenvalue weighted by Gasteiger charge is 2.37. The molecular weight excluding hydrogens is 269 g/mol. The average Bonchev–Trinajstić information content (AvgIpc) is 2.43. The molecule has 0 saturated carbocycles. The lowest BCUT2D eigenvalue weighted by Gasteiger charge is -2.24. The Hall–Kier alpha value is -0.580. The maximum absolute atomic E-state index is 11.5. The van der Waals surface area contributed by atoms with E-state index in [1.807, 2.05) is 0 Å². The first-order valence-corrected chi connectivity index (χ1v) is 7.89. The second-order valence-corrected chi connectivity index (χ2v) is 7.43. The zero-order valence-corrected chi connectivity index (χ0v) is 11.0. The molecule has 1 amide bonds. The second-order valence-electron chi connectivity index (χ2n) is 4.26. The largest absolute Gasteiger partial charge is 0.480 e. The molecule has 3 atom stereocenters. The molecule has 1 aliphatic heterocycles. The van der Waals surface area contributed by atoms with Crippen LogP contribution >= 0.6 is 19.0 Å². The summed E-state index contributed by atoms with van der Waals surface area (Å²) >= 11 is 5.78. The Labute approximate surface area is 104 Å². The molecule has 0 aromatic carbocycles. The van der Waals surface area contributed by atoms with Crippen molar-refractivity contribution in [1.29, 1.82) is 0 Å². The molecule has 0 aromatic rings. The van der Waals surface area contributed by atoms with Gasteiger partial charge >= 0.3 is 5.97 Å². The van der Waals surface area contributed by atoms with Crippen LogP contribution in [0.1, 0.15) is 12.8 Å². The summed E-state index contributed by atoms with van der Waals surface area (Å²) in [7, 11) is -3.27. The highest BCUT2D eigenvalue weighted by Crippen LogP contribution is 2.37. The first kappa shape index (κ1) is 14.5. The zero-order valence-electron chi connectivity index (χ0n) is 9.37. The molecule has 0 radical (unpaired) electrons. The van der Waals surface area contributed by atoms with Gasteiger partial charge in [0.1, 0.15) is 6.04 Å². The van der Waals surface area contributed by atoms with Crippen molar-refractivity contribution < 1.29 is 24.2 Å². The molecule has 0 aliphatic carbocycles. The van der Waals surface area contributed by atoms with Crippen molar-refractivity contribution in [3.8, 4) is 0 Å². The predicted molar refractivity (Wildman–Crippen MR) is 62.6 cm³/mol. The van der Waals surface area contributed by atoms with Crippen LogP contribution in [0.25, 0.3) is 0 Å². The van der Waals surface area contributed by atoms with Crippen molar-refractivity contribution in [2.24, 2.45) is 0 Å². The maximum Gasteiger partial charge on any atom is 0.326 e. The first-order valence-electron chi connectivity index (χ1n) is 5.16. The van der Waals surface area contributed by atoms with Gasteiger partial charge in [-0.25, -0.2) is 4.79 Å². The molecule has 0 aromatic heterocycles. The molecule has 1 rings (SSSR count). The van der Waals surface area contributed by atoms with E-state index in [1.165, 1.54) is 11.6 Å². The number of aliphatic carboxylic acids is 1. The molecule has 1 saturated heterocycles. The van der Waals surface area contributed by atoms with Gasteiger partial charge in [-0.15, -0.1) is 11.6 Å². The molecule has 98 valence electrons. The minimum Gasteiger partial charge on any atom is -0.480 e. The van der Waals surface area contributed by atoms with E-state index in [4.69, 9.17) is 21.6 Å². The highest BCUT2D eigenvalue weighted by atomic mass is 35.5. The molecule has 17 heavy (non-hydrogen) atoms. The maximum atomic E-state index is 11.5. The number of carboxylic acid groups (broad SMARTS) is 1. The molecule has 1 fully saturated rings. The van der Waals surface area contributed by atoms with Crippen LogP contribution in [0.3, 0.4) is 0 Å². The van der Waals surface area contributed by atoms with E-state index < -0.39 is 19.4 Å². The first-order chi connectivity index (χ1) is 7.70. The fourth-order valence-electron chi connectivity index (χ4n) is 1.76. The summed E-state index contributed by atoms with van der Waals surface area (Å²) in [6, 6.07) is -1.06. The Kier molecular flexibility index (Phi) is 4.58. The number of amides is 1. The number of hydrogen-bond acceptors (Lipinski definition) is 3. The van der Waals surface area contributed by atoms with E-state index >= 15 is 0 Å². The third-order valence-corrected chi connectivity index (χ3v) is 3.97. The number of carbonyl (C=O) groups is 2. The average molecular weight is 284 g/mol. The number of rotatable bonds is 5. The molecule has 3 unspecified atom stereocenters. The summed E-state index contributed by atoms with van der Waals surface area (Å²) in [5, 5.41) is 8.64. The lowest BCUT2D eigenvalue weighted by atomic mass is 10.2. The Morgan fingerprint density at radius 2 is 2.29 bits per heavy atom. The van der Waals surface area contributed by atoms with Crippen LogP contribution in [0.4, 0.5) is 0 Å². The van der Waals surface area contributed by atoms with Gasteiger partial charge in [-0.1, -0.05) is 0 Å². The van der Waals surface area contributed by atoms with Crippen molar-refractivity contribution in [2.45, 2.75) is 24.3 Å².